The minimum atomic E-state index is -0.761. The van der Waals surface area contributed by atoms with Crippen molar-refractivity contribution < 1.29 is 14.6 Å². The maximum absolute atomic E-state index is 10.1. The summed E-state index contributed by atoms with van der Waals surface area (Å²) in [4.78, 5) is 0. The third-order valence-electron chi connectivity index (χ3n) is 2.70. The summed E-state index contributed by atoms with van der Waals surface area (Å²) < 4.78 is 10.5. The molecule has 3 N–H and O–H groups in total. The van der Waals surface area contributed by atoms with Crippen LogP contribution in [0.3, 0.4) is 0 Å². The molecule has 1 aromatic rings. The molecule has 0 spiro atoms. The zero-order valence-corrected chi connectivity index (χ0v) is 9.40. The highest BCUT2D eigenvalue weighted by molar-refractivity contribution is 5.44. The molecule has 16 heavy (non-hydrogen) atoms. The summed E-state index contributed by atoms with van der Waals surface area (Å²) in [7, 11) is 0. The highest BCUT2D eigenvalue weighted by Gasteiger charge is 2.21. The maximum atomic E-state index is 10.1. The second-order valence-electron chi connectivity index (χ2n) is 4.40. The third-order valence-corrected chi connectivity index (χ3v) is 2.70. The molecule has 0 saturated heterocycles. The second kappa shape index (κ2) is 4.31. The molecule has 1 aliphatic rings. The van der Waals surface area contributed by atoms with Crippen molar-refractivity contribution in [2.45, 2.75) is 25.4 Å². The lowest BCUT2D eigenvalue weighted by molar-refractivity contribution is 0.0538. The lowest BCUT2D eigenvalue weighted by Crippen LogP contribution is -2.30. The number of hydrogen-bond donors (Lipinski definition) is 2. The SMILES string of the molecule is CC(O)(CCN)Cc1ccc2c(c1)OCO2. The molecular weight excluding hydrogens is 206 g/mol. The van der Waals surface area contributed by atoms with Crippen LogP contribution in [-0.2, 0) is 6.42 Å². The number of aliphatic hydroxyl groups is 1. The van der Waals surface area contributed by atoms with Crippen molar-refractivity contribution in [3.05, 3.63) is 23.8 Å². The average molecular weight is 223 g/mol. The molecule has 0 amide bonds. The Labute approximate surface area is 95.0 Å². The molecule has 0 aromatic heterocycles. The van der Waals surface area contributed by atoms with E-state index in [1.807, 2.05) is 18.2 Å². The minimum absolute atomic E-state index is 0.276. The van der Waals surface area contributed by atoms with Crippen molar-refractivity contribution in [3.8, 4) is 11.5 Å². The van der Waals surface area contributed by atoms with Gasteiger partial charge in [-0.05, 0) is 37.6 Å². The monoisotopic (exact) mass is 223 g/mol. The Morgan fingerprint density at radius 2 is 2.12 bits per heavy atom. The van der Waals surface area contributed by atoms with Gasteiger partial charge in [-0.15, -0.1) is 0 Å². The van der Waals surface area contributed by atoms with E-state index in [1.54, 1.807) is 6.92 Å². The second-order valence-corrected chi connectivity index (χ2v) is 4.40. The first kappa shape index (κ1) is 11.2. The zero-order valence-electron chi connectivity index (χ0n) is 9.40. The van der Waals surface area contributed by atoms with Gasteiger partial charge in [-0.1, -0.05) is 6.07 Å². The van der Waals surface area contributed by atoms with Gasteiger partial charge >= 0.3 is 0 Å². The maximum Gasteiger partial charge on any atom is 0.231 e. The van der Waals surface area contributed by atoms with E-state index in [0.717, 1.165) is 17.1 Å². The van der Waals surface area contributed by atoms with Crippen molar-refractivity contribution in [1.29, 1.82) is 0 Å². The molecule has 0 bridgehead atoms. The van der Waals surface area contributed by atoms with Crippen molar-refractivity contribution in [2.24, 2.45) is 5.73 Å². The molecule has 88 valence electrons. The van der Waals surface area contributed by atoms with Crippen LogP contribution in [-0.4, -0.2) is 24.0 Å². The minimum Gasteiger partial charge on any atom is -0.454 e. The van der Waals surface area contributed by atoms with Crippen LogP contribution in [0, 0.1) is 0 Å². The Kier molecular flexibility index (Phi) is 3.03. The van der Waals surface area contributed by atoms with Gasteiger partial charge in [0.1, 0.15) is 0 Å². The van der Waals surface area contributed by atoms with Crippen LogP contribution >= 0.6 is 0 Å². The van der Waals surface area contributed by atoms with Crippen molar-refractivity contribution in [2.75, 3.05) is 13.3 Å². The van der Waals surface area contributed by atoms with Crippen LogP contribution in [0.25, 0.3) is 0 Å². The number of benzene rings is 1. The van der Waals surface area contributed by atoms with Crippen LogP contribution in [0.1, 0.15) is 18.9 Å². The largest absolute Gasteiger partial charge is 0.454 e. The van der Waals surface area contributed by atoms with E-state index in [4.69, 9.17) is 15.2 Å². The summed E-state index contributed by atoms with van der Waals surface area (Å²) in [5.41, 5.74) is 5.72. The van der Waals surface area contributed by atoms with E-state index in [9.17, 15) is 5.11 Å². The Morgan fingerprint density at radius 1 is 1.38 bits per heavy atom. The van der Waals surface area contributed by atoms with E-state index in [2.05, 4.69) is 0 Å². The van der Waals surface area contributed by atoms with Gasteiger partial charge in [0.15, 0.2) is 11.5 Å². The quantitative estimate of drug-likeness (QED) is 0.801. The van der Waals surface area contributed by atoms with Gasteiger partial charge in [-0.2, -0.15) is 0 Å². The molecule has 1 atom stereocenters. The van der Waals surface area contributed by atoms with Gasteiger partial charge in [-0.25, -0.2) is 0 Å². The van der Waals surface area contributed by atoms with Gasteiger partial charge in [0.05, 0.1) is 5.60 Å². The molecule has 0 saturated carbocycles. The van der Waals surface area contributed by atoms with Gasteiger partial charge in [0.2, 0.25) is 6.79 Å². The number of fused-ring (bicyclic) bond motifs is 1. The van der Waals surface area contributed by atoms with Crippen LogP contribution < -0.4 is 15.2 Å². The topological polar surface area (TPSA) is 64.7 Å². The molecule has 1 aliphatic heterocycles. The fraction of sp³-hybridized carbons (Fsp3) is 0.500. The van der Waals surface area contributed by atoms with Crippen LogP contribution in [0.5, 0.6) is 11.5 Å². The number of hydrogen-bond acceptors (Lipinski definition) is 4. The van der Waals surface area contributed by atoms with E-state index < -0.39 is 5.60 Å². The van der Waals surface area contributed by atoms with Crippen LogP contribution in [0.15, 0.2) is 18.2 Å². The van der Waals surface area contributed by atoms with Crippen molar-refractivity contribution in [1.82, 2.24) is 0 Å². The van der Waals surface area contributed by atoms with Crippen LogP contribution in [0.2, 0.25) is 0 Å². The Morgan fingerprint density at radius 3 is 2.88 bits per heavy atom. The summed E-state index contributed by atoms with van der Waals surface area (Å²) in [5, 5.41) is 10.1. The molecule has 0 aliphatic carbocycles. The first-order valence-corrected chi connectivity index (χ1v) is 5.42. The summed E-state index contributed by atoms with van der Waals surface area (Å²) in [6, 6.07) is 5.72. The fourth-order valence-corrected chi connectivity index (χ4v) is 1.89. The third kappa shape index (κ3) is 2.46. The molecule has 1 unspecified atom stereocenters. The van der Waals surface area contributed by atoms with Gasteiger partial charge in [-0.3, -0.25) is 0 Å². The molecule has 1 heterocycles. The Bertz CT molecular complexity index is 377. The molecular formula is C12H17NO3. The van der Waals surface area contributed by atoms with Crippen molar-refractivity contribution in [3.63, 3.8) is 0 Å². The van der Waals surface area contributed by atoms with E-state index >= 15 is 0 Å². The zero-order chi connectivity index (χ0) is 11.6. The molecule has 1 aromatic carbocycles. The van der Waals surface area contributed by atoms with Crippen molar-refractivity contribution >= 4 is 0 Å². The Hall–Kier alpha value is -1.26. The molecule has 0 radical (unpaired) electrons. The predicted molar refractivity (Wildman–Crippen MR) is 60.6 cm³/mol. The highest BCUT2D eigenvalue weighted by Crippen LogP contribution is 2.33. The van der Waals surface area contributed by atoms with E-state index in [-0.39, 0.29) is 6.79 Å². The van der Waals surface area contributed by atoms with E-state index in [0.29, 0.717) is 19.4 Å². The number of nitrogens with two attached hydrogens (primary N) is 1. The predicted octanol–water partition coefficient (Wildman–Crippen LogP) is 1.06. The number of ether oxygens (including phenoxy) is 2. The number of rotatable bonds is 4. The van der Waals surface area contributed by atoms with Gasteiger partial charge in [0.25, 0.3) is 0 Å². The first-order valence-electron chi connectivity index (χ1n) is 5.42. The summed E-state index contributed by atoms with van der Waals surface area (Å²) in [6.07, 6.45) is 1.16. The average Bonchev–Trinajstić information content (AvgIpc) is 2.63. The van der Waals surface area contributed by atoms with Crippen LogP contribution in [0.4, 0.5) is 0 Å². The van der Waals surface area contributed by atoms with Gasteiger partial charge < -0.3 is 20.3 Å². The summed E-state index contributed by atoms with van der Waals surface area (Å²) >= 11 is 0. The lowest BCUT2D eigenvalue weighted by Gasteiger charge is -2.22. The smallest absolute Gasteiger partial charge is 0.231 e. The summed E-state index contributed by atoms with van der Waals surface area (Å²) in [5.74, 6) is 1.52. The standard InChI is InChI=1S/C12H17NO3/c1-12(14,4-5-13)7-9-2-3-10-11(6-9)16-8-15-10/h2-3,6,14H,4-5,7-8,13H2,1H3. The van der Waals surface area contributed by atoms with Gasteiger partial charge in [0, 0.05) is 6.42 Å². The molecule has 4 nitrogen and oxygen atoms in total. The fourth-order valence-electron chi connectivity index (χ4n) is 1.89. The summed E-state index contributed by atoms with van der Waals surface area (Å²) in [6.45, 7) is 2.56. The highest BCUT2D eigenvalue weighted by atomic mass is 16.7. The first-order chi connectivity index (χ1) is 7.61. The molecule has 4 heteroatoms. The normalized spacial score (nSPS) is 17.2. The Balaban J connectivity index is 2.10. The molecule has 0 fully saturated rings. The lowest BCUT2D eigenvalue weighted by atomic mass is 9.93. The molecule has 2 rings (SSSR count). The van der Waals surface area contributed by atoms with E-state index in [1.165, 1.54) is 0 Å².